The summed E-state index contributed by atoms with van der Waals surface area (Å²) >= 11 is 0. The number of anilines is 1. The van der Waals surface area contributed by atoms with Gasteiger partial charge in [-0.05, 0) is 68.5 Å². The number of piperidine rings is 2. The van der Waals surface area contributed by atoms with E-state index in [2.05, 4.69) is 5.32 Å². The molecular formula is C24H31N3O5S2. The Balaban J connectivity index is 1.56. The van der Waals surface area contributed by atoms with Gasteiger partial charge in [0, 0.05) is 37.4 Å². The average molecular weight is 506 g/mol. The molecule has 2 saturated heterocycles. The monoisotopic (exact) mass is 505 g/mol. The Kier molecular flexibility index (Phi) is 7.42. The molecule has 10 heteroatoms. The summed E-state index contributed by atoms with van der Waals surface area (Å²) < 4.78 is 55.1. The number of aryl methyl sites for hydroxylation is 1. The molecule has 4 rings (SSSR count). The number of carbonyl (C=O) groups excluding carboxylic acids is 1. The minimum absolute atomic E-state index is 0.0894. The van der Waals surface area contributed by atoms with Gasteiger partial charge in [0.1, 0.15) is 0 Å². The summed E-state index contributed by atoms with van der Waals surface area (Å²) in [4.78, 5) is 13.3. The average Bonchev–Trinajstić information content (AvgIpc) is 2.85. The van der Waals surface area contributed by atoms with Gasteiger partial charge in [-0.3, -0.25) is 4.79 Å². The Hall–Kier alpha value is -2.27. The Bertz CT molecular complexity index is 1260. The fourth-order valence-corrected chi connectivity index (χ4v) is 7.55. The summed E-state index contributed by atoms with van der Waals surface area (Å²) in [6.45, 7) is 3.70. The number of rotatable bonds is 6. The van der Waals surface area contributed by atoms with E-state index in [1.807, 2.05) is 0 Å². The molecule has 2 fully saturated rings. The van der Waals surface area contributed by atoms with Gasteiger partial charge in [0.05, 0.1) is 9.79 Å². The lowest BCUT2D eigenvalue weighted by molar-refractivity contribution is 0.102. The highest BCUT2D eigenvalue weighted by atomic mass is 32.2. The number of benzene rings is 2. The van der Waals surface area contributed by atoms with Gasteiger partial charge in [0.25, 0.3) is 5.91 Å². The van der Waals surface area contributed by atoms with Crippen molar-refractivity contribution in [1.82, 2.24) is 8.61 Å². The van der Waals surface area contributed by atoms with Crippen LogP contribution in [0.1, 0.15) is 54.4 Å². The minimum atomic E-state index is -3.68. The number of hydrogen-bond donors (Lipinski definition) is 1. The van der Waals surface area contributed by atoms with Crippen LogP contribution >= 0.6 is 0 Å². The van der Waals surface area contributed by atoms with E-state index in [4.69, 9.17) is 0 Å². The summed E-state index contributed by atoms with van der Waals surface area (Å²) in [5, 5.41) is 2.74. The van der Waals surface area contributed by atoms with Gasteiger partial charge < -0.3 is 5.32 Å². The molecule has 0 bridgehead atoms. The Morgan fingerprint density at radius 1 is 0.735 bits per heavy atom. The van der Waals surface area contributed by atoms with Crippen LogP contribution < -0.4 is 5.32 Å². The normalized spacial score (nSPS) is 18.5. The van der Waals surface area contributed by atoms with Crippen LogP contribution in [0.5, 0.6) is 0 Å². The van der Waals surface area contributed by atoms with E-state index in [1.165, 1.54) is 32.9 Å². The molecular weight excluding hydrogens is 474 g/mol. The topological polar surface area (TPSA) is 104 Å². The lowest BCUT2D eigenvalue weighted by Gasteiger charge is -2.26. The second kappa shape index (κ2) is 10.2. The van der Waals surface area contributed by atoms with Crippen LogP contribution in [0.3, 0.4) is 0 Å². The summed E-state index contributed by atoms with van der Waals surface area (Å²) in [6.07, 6.45) is 5.37. The van der Waals surface area contributed by atoms with Crippen LogP contribution in [0.4, 0.5) is 5.69 Å². The first-order chi connectivity index (χ1) is 16.2. The summed E-state index contributed by atoms with van der Waals surface area (Å²) in [7, 11) is -7.31. The lowest BCUT2D eigenvalue weighted by atomic mass is 10.1. The van der Waals surface area contributed by atoms with Crippen LogP contribution in [0.15, 0.2) is 52.3 Å². The van der Waals surface area contributed by atoms with E-state index in [0.717, 1.165) is 38.5 Å². The summed E-state index contributed by atoms with van der Waals surface area (Å²) in [5.41, 5.74) is 1.21. The Labute approximate surface area is 202 Å². The molecule has 1 amide bonds. The molecule has 2 aliphatic rings. The number of amides is 1. The predicted molar refractivity (Wildman–Crippen MR) is 131 cm³/mol. The van der Waals surface area contributed by atoms with Crippen LogP contribution in [0, 0.1) is 6.92 Å². The van der Waals surface area contributed by atoms with Crippen molar-refractivity contribution >= 4 is 31.6 Å². The summed E-state index contributed by atoms with van der Waals surface area (Å²) in [5.74, 6) is -0.485. The van der Waals surface area contributed by atoms with Gasteiger partial charge in [-0.1, -0.05) is 25.0 Å². The predicted octanol–water partition coefficient (Wildman–Crippen LogP) is 3.60. The SMILES string of the molecule is Cc1ccc(S(=O)(=O)N2CCCCC2)cc1C(=O)Nc1cccc(S(=O)(=O)N2CCCCC2)c1. The van der Waals surface area contributed by atoms with Crippen LogP contribution in [-0.4, -0.2) is 57.5 Å². The van der Waals surface area contributed by atoms with Crippen LogP contribution in [-0.2, 0) is 20.0 Å². The Morgan fingerprint density at radius 3 is 1.82 bits per heavy atom. The van der Waals surface area contributed by atoms with Gasteiger partial charge >= 0.3 is 0 Å². The zero-order valence-corrected chi connectivity index (χ0v) is 21.0. The van der Waals surface area contributed by atoms with E-state index in [0.29, 0.717) is 37.4 Å². The van der Waals surface area contributed by atoms with Gasteiger partial charge in [0.2, 0.25) is 20.0 Å². The van der Waals surface area contributed by atoms with E-state index in [-0.39, 0.29) is 15.4 Å². The standard InChI is InChI=1S/C24H31N3O5S2/c1-19-11-12-22(34(31,32)27-15-6-3-7-16-27)18-23(19)24(28)25-20-9-8-10-21(17-20)33(29,30)26-13-4-2-5-14-26/h8-12,17-18H,2-7,13-16H2,1H3,(H,25,28). The molecule has 184 valence electrons. The molecule has 0 aromatic heterocycles. The maximum Gasteiger partial charge on any atom is 0.255 e. The molecule has 0 radical (unpaired) electrons. The first-order valence-corrected chi connectivity index (χ1v) is 14.6. The number of sulfonamides is 2. The zero-order valence-electron chi connectivity index (χ0n) is 19.4. The fourth-order valence-electron chi connectivity index (χ4n) is 4.45. The van der Waals surface area contributed by atoms with E-state index in [1.54, 1.807) is 25.1 Å². The highest BCUT2D eigenvalue weighted by Gasteiger charge is 2.28. The first-order valence-electron chi connectivity index (χ1n) is 11.7. The third-order valence-electron chi connectivity index (χ3n) is 6.45. The largest absolute Gasteiger partial charge is 0.322 e. The maximum absolute atomic E-state index is 13.1. The second-order valence-corrected chi connectivity index (χ2v) is 12.8. The number of nitrogens with zero attached hydrogens (tertiary/aromatic N) is 2. The molecule has 2 aromatic rings. The smallest absolute Gasteiger partial charge is 0.255 e. The molecule has 0 aliphatic carbocycles. The first kappa shape index (κ1) is 24.8. The quantitative estimate of drug-likeness (QED) is 0.646. The highest BCUT2D eigenvalue weighted by molar-refractivity contribution is 7.89. The summed E-state index contributed by atoms with van der Waals surface area (Å²) in [6, 6.07) is 10.8. The van der Waals surface area contributed by atoms with Gasteiger partial charge in [0.15, 0.2) is 0 Å². The number of nitrogens with one attached hydrogen (secondary N) is 1. The molecule has 0 spiro atoms. The zero-order chi connectivity index (χ0) is 24.3. The van der Waals surface area contributed by atoms with Gasteiger partial charge in [-0.15, -0.1) is 0 Å². The van der Waals surface area contributed by atoms with Crippen molar-refractivity contribution in [2.75, 3.05) is 31.5 Å². The van der Waals surface area contributed by atoms with Crippen molar-refractivity contribution in [3.63, 3.8) is 0 Å². The van der Waals surface area contributed by atoms with Crippen molar-refractivity contribution in [1.29, 1.82) is 0 Å². The van der Waals surface area contributed by atoms with Crippen LogP contribution in [0.25, 0.3) is 0 Å². The molecule has 2 aromatic carbocycles. The van der Waals surface area contributed by atoms with Crippen molar-refractivity contribution in [2.45, 2.75) is 55.2 Å². The van der Waals surface area contributed by atoms with Crippen molar-refractivity contribution in [2.24, 2.45) is 0 Å². The number of hydrogen-bond acceptors (Lipinski definition) is 5. The van der Waals surface area contributed by atoms with E-state index in [9.17, 15) is 21.6 Å². The third-order valence-corrected chi connectivity index (χ3v) is 10.2. The fraction of sp³-hybridized carbons (Fsp3) is 0.458. The van der Waals surface area contributed by atoms with E-state index >= 15 is 0 Å². The Morgan fingerprint density at radius 2 is 1.26 bits per heavy atom. The molecule has 0 atom stereocenters. The molecule has 2 aliphatic heterocycles. The molecule has 8 nitrogen and oxygen atoms in total. The minimum Gasteiger partial charge on any atom is -0.322 e. The molecule has 1 N–H and O–H groups in total. The highest BCUT2D eigenvalue weighted by Crippen LogP contribution is 2.25. The number of carbonyl (C=O) groups is 1. The molecule has 34 heavy (non-hydrogen) atoms. The second-order valence-electron chi connectivity index (χ2n) is 8.89. The van der Waals surface area contributed by atoms with Gasteiger partial charge in [-0.25, -0.2) is 16.8 Å². The van der Waals surface area contributed by atoms with E-state index < -0.39 is 26.0 Å². The van der Waals surface area contributed by atoms with Crippen molar-refractivity contribution in [3.05, 3.63) is 53.6 Å². The van der Waals surface area contributed by atoms with Crippen molar-refractivity contribution in [3.8, 4) is 0 Å². The van der Waals surface area contributed by atoms with Gasteiger partial charge in [-0.2, -0.15) is 8.61 Å². The molecule has 2 heterocycles. The lowest BCUT2D eigenvalue weighted by Crippen LogP contribution is -2.35. The third kappa shape index (κ3) is 5.19. The van der Waals surface area contributed by atoms with Crippen molar-refractivity contribution < 1.29 is 21.6 Å². The molecule has 0 unspecified atom stereocenters. The molecule has 0 saturated carbocycles. The maximum atomic E-state index is 13.1. The van der Waals surface area contributed by atoms with Crippen LogP contribution in [0.2, 0.25) is 0 Å².